The van der Waals surface area contributed by atoms with Crippen molar-refractivity contribution in [3.63, 3.8) is 0 Å². The van der Waals surface area contributed by atoms with Crippen LogP contribution in [-0.2, 0) is 11.2 Å². The highest BCUT2D eigenvalue weighted by atomic mass is 79.9. The van der Waals surface area contributed by atoms with Gasteiger partial charge in [-0.15, -0.1) is 0 Å². The molecule has 0 fully saturated rings. The van der Waals surface area contributed by atoms with Gasteiger partial charge in [-0.1, -0.05) is 63.4 Å². The second-order valence-corrected chi connectivity index (χ2v) is 10.7. The van der Waals surface area contributed by atoms with Gasteiger partial charge in [0.05, 0.1) is 24.2 Å². The van der Waals surface area contributed by atoms with E-state index in [-0.39, 0.29) is 18.1 Å². The molecule has 1 amide bonds. The van der Waals surface area contributed by atoms with Gasteiger partial charge >= 0.3 is 0 Å². The van der Waals surface area contributed by atoms with Gasteiger partial charge in [0.1, 0.15) is 5.82 Å². The zero-order valence-corrected chi connectivity index (χ0v) is 25.0. The first-order valence-corrected chi connectivity index (χ1v) is 14.0. The minimum absolute atomic E-state index is 0.250. The van der Waals surface area contributed by atoms with Gasteiger partial charge in [0.2, 0.25) is 0 Å². The van der Waals surface area contributed by atoms with Crippen molar-refractivity contribution in [1.29, 1.82) is 0 Å². The van der Waals surface area contributed by atoms with Crippen LogP contribution in [0.25, 0.3) is 10.9 Å². The predicted octanol–water partition coefficient (Wildman–Crippen LogP) is 6.48. The van der Waals surface area contributed by atoms with E-state index in [1.54, 1.807) is 18.2 Å². The molecule has 0 bridgehead atoms. The van der Waals surface area contributed by atoms with Crippen LogP contribution in [0.15, 0.2) is 73.4 Å². The van der Waals surface area contributed by atoms with Crippen molar-refractivity contribution in [1.82, 2.24) is 9.66 Å². The van der Waals surface area contributed by atoms with Crippen molar-refractivity contribution in [3.05, 3.63) is 90.8 Å². The number of hydrogen-bond acceptors (Lipinski definition) is 6. The number of halogens is 2. The number of nitrogens with zero attached hydrogens (tertiary/aromatic N) is 3. The zero-order chi connectivity index (χ0) is 27.9. The van der Waals surface area contributed by atoms with Crippen molar-refractivity contribution in [2.45, 2.75) is 33.1 Å². The Balaban J connectivity index is 1.69. The molecule has 0 radical (unpaired) electrons. The molecule has 0 aliphatic carbocycles. The van der Waals surface area contributed by atoms with Crippen LogP contribution < -0.4 is 20.3 Å². The Morgan fingerprint density at radius 1 is 1.13 bits per heavy atom. The van der Waals surface area contributed by atoms with E-state index >= 15 is 0 Å². The van der Waals surface area contributed by atoms with Crippen LogP contribution in [0.1, 0.15) is 36.7 Å². The van der Waals surface area contributed by atoms with Crippen molar-refractivity contribution in [3.8, 4) is 11.5 Å². The predicted molar refractivity (Wildman–Crippen MR) is 161 cm³/mol. The molecule has 0 aliphatic heterocycles. The number of carbonyl (C=O) groups excluding carboxylic acids is 1. The third-order valence-electron chi connectivity index (χ3n) is 5.98. The number of hydrogen-bond donors (Lipinski definition) is 1. The standard InChI is InChI=1S/C29H28Br2N4O4/c1-4-5-10-26-33-24-12-11-20(30)14-22(24)29(37)35(26)32-16-19-13-21(31)15-25(38-3)28(19)39-17-27(36)34-23-9-7-6-8-18(23)2/h6-9,11-16H,4-5,10,17H2,1-3H3,(H,34,36). The second-order valence-electron chi connectivity index (χ2n) is 8.83. The summed E-state index contributed by atoms with van der Waals surface area (Å²) in [4.78, 5) is 30.8. The van der Waals surface area contributed by atoms with Crippen LogP contribution in [0.5, 0.6) is 11.5 Å². The smallest absolute Gasteiger partial charge is 0.282 e. The number of carbonyl (C=O) groups is 1. The van der Waals surface area contributed by atoms with E-state index in [0.717, 1.165) is 27.4 Å². The fraction of sp³-hybridized carbons (Fsp3) is 0.241. The molecule has 1 aromatic heterocycles. The molecule has 1 N–H and O–H groups in total. The van der Waals surface area contributed by atoms with Crippen molar-refractivity contribution in [2.75, 3.05) is 19.0 Å². The maximum absolute atomic E-state index is 13.4. The summed E-state index contributed by atoms with van der Waals surface area (Å²) in [6.45, 7) is 3.75. The molecule has 0 saturated heterocycles. The third kappa shape index (κ3) is 6.93. The maximum atomic E-state index is 13.4. The summed E-state index contributed by atoms with van der Waals surface area (Å²) in [5.41, 5.74) is 2.53. The van der Waals surface area contributed by atoms with E-state index in [1.807, 2.05) is 43.3 Å². The van der Waals surface area contributed by atoms with Gasteiger partial charge in [-0.25, -0.2) is 4.98 Å². The molecule has 1 heterocycles. The number of fused-ring (bicyclic) bond motifs is 1. The molecule has 0 saturated carbocycles. The minimum Gasteiger partial charge on any atom is -0.493 e. The van der Waals surface area contributed by atoms with E-state index in [1.165, 1.54) is 18.0 Å². The van der Waals surface area contributed by atoms with Gasteiger partial charge in [-0.2, -0.15) is 9.78 Å². The molecule has 0 atom stereocenters. The fourth-order valence-corrected chi connectivity index (χ4v) is 4.77. The Morgan fingerprint density at radius 2 is 1.92 bits per heavy atom. The molecular weight excluding hydrogens is 628 g/mol. The average Bonchev–Trinajstić information content (AvgIpc) is 2.92. The summed E-state index contributed by atoms with van der Waals surface area (Å²) in [7, 11) is 1.52. The lowest BCUT2D eigenvalue weighted by molar-refractivity contribution is -0.118. The normalized spacial score (nSPS) is 11.2. The van der Waals surface area contributed by atoms with Gasteiger partial charge in [0.25, 0.3) is 11.5 Å². The molecule has 0 spiro atoms. The lowest BCUT2D eigenvalue weighted by atomic mass is 10.2. The van der Waals surface area contributed by atoms with Crippen LogP contribution in [0.3, 0.4) is 0 Å². The summed E-state index contributed by atoms with van der Waals surface area (Å²) < 4.78 is 14.3. The van der Waals surface area contributed by atoms with Crippen LogP contribution in [0.2, 0.25) is 0 Å². The number of amides is 1. The molecule has 4 aromatic rings. The second kappa shape index (κ2) is 13.0. The van der Waals surface area contributed by atoms with Gasteiger partial charge in [0, 0.05) is 26.6 Å². The number of aryl methyl sites for hydroxylation is 2. The fourth-order valence-electron chi connectivity index (χ4n) is 3.96. The number of nitrogens with one attached hydrogen (secondary N) is 1. The summed E-state index contributed by atoms with van der Waals surface area (Å²) in [6, 6.07) is 16.4. The minimum atomic E-state index is -0.320. The topological polar surface area (TPSA) is 94.8 Å². The number of rotatable bonds is 10. The summed E-state index contributed by atoms with van der Waals surface area (Å²) in [5, 5.41) is 7.85. The molecule has 8 nitrogen and oxygen atoms in total. The van der Waals surface area contributed by atoms with E-state index < -0.39 is 0 Å². The Kier molecular flexibility index (Phi) is 9.53. The summed E-state index contributed by atoms with van der Waals surface area (Å²) in [6.07, 6.45) is 3.92. The number of ether oxygens (including phenoxy) is 2. The molecule has 4 rings (SSSR count). The number of anilines is 1. The highest BCUT2D eigenvalue weighted by Gasteiger charge is 2.16. The number of unbranched alkanes of at least 4 members (excludes halogenated alkanes) is 1. The number of methoxy groups -OCH3 is 1. The number of para-hydroxylation sites is 1. The Morgan fingerprint density at radius 3 is 2.67 bits per heavy atom. The molecule has 3 aromatic carbocycles. The van der Waals surface area contributed by atoms with Gasteiger partial charge in [-0.05, 0) is 55.3 Å². The quantitative estimate of drug-likeness (QED) is 0.197. The lowest BCUT2D eigenvalue weighted by Gasteiger charge is -2.15. The first kappa shape index (κ1) is 28.5. The Hall–Kier alpha value is -3.50. The average molecular weight is 656 g/mol. The summed E-state index contributed by atoms with van der Waals surface area (Å²) >= 11 is 6.92. The van der Waals surface area contributed by atoms with Gasteiger partial charge in [-0.3, -0.25) is 9.59 Å². The molecular formula is C29H28Br2N4O4. The lowest BCUT2D eigenvalue weighted by Crippen LogP contribution is -2.23. The van der Waals surface area contributed by atoms with E-state index in [9.17, 15) is 9.59 Å². The number of aromatic nitrogens is 2. The Bertz CT molecular complexity index is 1600. The molecule has 0 aliphatic rings. The summed E-state index contributed by atoms with van der Waals surface area (Å²) in [5.74, 6) is 0.979. The van der Waals surface area contributed by atoms with Crippen molar-refractivity contribution < 1.29 is 14.3 Å². The van der Waals surface area contributed by atoms with E-state index in [2.05, 4.69) is 49.2 Å². The van der Waals surface area contributed by atoms with Crippen molar-refractivity contribution in [2.24, 2.45) is 5.10 Å². The third-order valence-corrected chi connectivity index (χ3v) is 6.93. The highest BCUT2D eigenvalue weighted by Crippen LogP contribution is 2.34. The SMILES string of the molecule is CCCCc1nc2ccc(Br)cc2c(=O)n1N=Cc1cc(Br)cc(OC)c1OCC(=O)Nc1ccccc1C. The first-order valence-electron chi connectivity index (χ1n) is 12.4. The van der Waals surface area contributed by atoms with Gasteiger partial charge < -0.3 is 14.8 Å². The highest BCUT2D eigenvalue weighted by molar-refractivity contribution is 9.10. The first-order chi connectivity index (χ1) is 18.8. The largest absolute Gasteiger partial charge is 0.493 e. The Labute approximate surface area is 243 Å². The number of benzene rings is 3. The zero-order valence-electron chi connectivity index (χ0n) is 21.8. The molecule has 39 heavy (non-hydrogen) atoms. The van der Waals surface area contributed by atoms with Crippen LogP contribution in [0, 0.1) is 6.92 Å². The monoisotopic (exact) mass is 654 g/mol. The molecule has 0 unspecified atom stereocenters. The van der Waals surface area contributed by atoms with Crippen LogP contribution in [-0.4, -0.2) is 35.5 Å². The maximum Gasteiger partial charge on any atom is 0.282 e. The molecule has 10 heteroatoms. The van der Waals surface area contributed by atoms with E-state index in [0.29, 0.717) is 45.9 Å². The molecule has 202 valence electrons. The van der Waals surface area contributed by atoms with Crippen LogP contribution >= 0.6 is 31.9 Å². The van der Waals surface area contributed by atoms with Gasteiger partial charge in [0.15, 0.2) is 18.1 Å². The van der Waals surface area contributed by atoms with Crippen molar-refractivity contribution >= 4 is 60.6 Å². The van der Waals surface area contributed by atoms with Crippen LogP contribution in [0.4, 0.5) is 5.69 Å². The van der Waals surface area contributed by atoms with E-state index in [4.69, 9.17) is 14.5 Å².